The number of alkyl halides is 3. The predicted molar refractivity (Wildman–Crippen MR) is 136 cm³/mol. The van der Waals surface area contributed by atoms with Crippen LogP contribution in [0.2, 0.25) is 5.02 Å². The minimum Gasteiger partial charge on any atom is -0.491 e. The van der Waals surface area contributed by atoms with Crippen molar-refractivity contribution in [2.24, 2.45) is 0 Å². The number of nitrogens with two attached hydrogens (primary N) is 1. The number of hydrogen-bond acceptors (Lipinski definition) is 7. The van der Waals surface area contributed by atoms with E-state index in [0.29, 0.717) is 34.6 Å². The molecule has 0 spiro atoms. The van der Waals surface area contributed by atoms with E-state index in [2.05, 4.69) is 15.4 Å². The van der Waals surface area contributed by atoms with E-state index in [1.807, 2.05) is 30.8 Å². The molecule has 3 heterocycles. The molecule has 11 nitrogen and oxygen atoms in total. The summed E-state index contributed by atoms with van der Waals surface area (Å²) < 4.78 is 41.2. The van der Waals surface area contributed by atoms with Crippen LogP contribution in [0.25, 0.3) is 16.6 Å². The van der Waals surface area contributed by atoms with Gasteiger partial charge in [-0.05, 0) is 45.2 Å². The van der Waals surface area contributed by atoms with Crippen LogP contribution < -0.4 is 15.8 Å². The second-order valence-corrected chi connectivity index (χ2v) is 9.22. The monoisotopic (exact) mass is 567 g/mol. The Morgan fingerprint density at radius 2 is 2.03 bits per heavy atom. The van der Waals surface area contributed by atoms with Crippen molar-refractivity contribution in [1.82, 2.24) is 29.7 Å². The van der Waals surface area contributed by atoms with Crippen LogP contribution in [0.1, 0.15) is 61.1 Å². The van der Waals surface area contributed by atoms with Crippen molar-refractivity contribution >= 4 is 45.8 Å². The number of rotatable bonds is 6. The van der Waals surface area contributed by atoms with Crippen LogP contribution in [-0.4, -0.2) is 54.1 Å². The summed E-state index contributed by atoms with van der Waals surface area (Å²) in [4.78, 5) is 26.2. The number of anilines is 1. The van der Waals surface area contributed by atoms with E-state index < -0.39 is 18.2 Å². The molecule has 1 aromatic carbocycles. The minimum atomic E-state index is -5.08. The summed E-state index contributed by atoms with van der Waals surface area (Å²) in [6, 6.07) is 3.54. The first-order chi connectivity index (χ1) is 18.4. The second kappa shape index (κ2) is 11.0. The number of amides is 1. The summed E-state index contributed by atoms with van der Waals surface area (Å²) in [5, 5.41) is 20.5. The molecule has 208 valence electrons. The number of carboxylic acids is 1. The quantitative estimate of drug-likeness (QED) is 0.307. The third kappa shape index (κ3) is 5.70. The van der Waals surface area contributed by atoms with Crippen LogP contribution in [0.3, 0.4) is 0 Å². The fraction of sp³-hybridized carbons (Fsp3) is 0.375. The highest BCUT2D eigenvalue weighted by Crippen LogP contribution is 2.40. The Morgan fingerprint density at radius 3 is 2.62 bits per heavy atom. The van der Waals surface area contributed by atoms with Crippen molar-refractivity contribution < 1.29 is 32.6 Å². The topological polar surface area (TPSA) is 150 Å². The molecule has 39 heavy (non-hydrogen) atoms. The van der Waals surface area contributed by atoms with Gasteiger partial charge in [-0.3, -0.25) is 9.48 Å². The van der Waals surface area contributed by atoms with Crippen LogP contribution in [0.4, 0.5) is 19.0 Å². The number of aromatic nitrogens is 5. The number of nitrogen functional groups attached to an aromatic ring is 1. The van der Waals surface area contributed by atoms with Crippen LogP contribution in [0, 0.1) is 0 Å². The Morgan fingerprint density at radius 1 is 1.33 bits per heavy atom. The van der Waals surface area contributed by atoms with Crippen LogP contribution in [0.5, 0.6) is 5.75 Å². The van der Waals surface area contributed by atoms with Gasteiger partial charge < -0.3 is 20.9 Å². The third-order valence-corrected chi connectivity index (χ3v) is 6.50. The van der Waals surface area contributed by atoms with Crippen molar-refractivity contribution in [2.75, 3.05) is 12.3 Å². The number of ether oxygens (including phenoxy) is 1. The molecular formula is C24H25ClF3N7O4. The van der Waals surface area contributed by atoms with Crippen molar-refractivity contribution in [3.05, 3.63) is 46.9 Å². The van der Waals surface area contributed by atoms with Gasteiger partial charge in [0, 0.05) is 29.5 Å². The maximum atomic E-state index is 13.1. The first kappa shape index (κ1) is 28.0. The maximum Gasteiger partial charge on any atom is 0.490 e. The van der Waals surface area contributed by atoms with Crippen molar-refractivity contribution in [3.8, 4) is 5.75 Å². The number of fused-ring (bicyclic) bond motifs is 2. The van der Waals surface area contributed by atoms with E-state index >= 15 is 0 Å². The van der Waals surface area contributed by atoms with Crippen molar-refractivity contribution in [2.45, 2.75) is 51.4 Å². The zero-order chi connectivity index (χ0) is 28.5. The van der Waals surface area contributed by atoms with E-state index in [4.69, 9.17) is 37.1 Å². The van der Waals surface area contributed by atoms with E-state index in [-0.39, 0.29) is 17.3 Å². The molecule has 0 saturated heterocycles. The molecule has 15 heteroatoms. The first-order valence-electron chi connectivity index (χ1n) is 12.0. The highest BCUT2D eigenvalue weighted by Gasteiger charge is 2.38. The molecular weight excluding hydrogens is 543 g/mol. The number of aliphatic carboxylic acids is 1. The Labute approximate surface area is 224 Å². The molecule has 0 aliphatic heterocycles. The summed E-state index contributed by atoms with van der Waals surface area (Å²) >= 11 is 6.63. The largest absolute Gasteiger partial charge is 0.491 e. The number of carboxylic acid groups (broad SMARTS) is 1. The fourth-order valence-corrected chi connectivity index (χ4v) is 4.33. The molecule has 1 atom stereocenters. The lowest BCUT2D eigenvalue weighted by Crippen LogP contribution is -2.27. The number of carbonyl (C=O) groups is 2. The van der Waals surface area contributed by atoms with Crippen LogP contribution >= 0.6 is 11.6 Å². The van der Waals surface area contributed by atoms with E-state index in [9.17, 15) is 18.0 Å². The molecule has 5 rings (SSSR count). The molecule has 1 amide bonds. The van der Waals surface area contributed by atoms with E-state index in [1.54, 1.807) is 18.5 Å². The highest BCUT2D eigenvalue weighted by molar-refractivity contribution is 6.35. The van der Waals surface area contributed by atoms with Gasteiger partial charge in [0.25, 0.3) is 5.91 Å². The van der Waals surface area contributed by atoms with Gasteiger partial charge in [-0.25, -0.2) is 14.3 Å². The summed E-state index contributed by atoms with van der Waals surface area (Å²) in [6.07, 6.45) is 3.63. The summed E-state index contributed by atoms with van der Waals surface area (Å²) in [5.41, 5.74) is 8.09. The Hall–Kier alpha value is -4.07. The Bertz CT molecular complexity index is 1530. The molecule has 1 aliphatic carbocycles. The zero-order valence-electron chi connectivity index (χ0n) is 20.9. The normalized spacial score (nSPS) is 14.4. The smallest absolute Gasteiger partial charge is 0.490 e. The lowest BCUT2D eigenvalue weighted by Gasteiger charge is -2.25. The number of benzene rings is 1. The number of nitrogens with zero attached hydrogens (tertiary/aromatic N) is 5. The van der Waals surface area contributed by atoms with Crippen molar-refractivity contribution in [1.29, 1.82) is 0 Å². The minimum absolute atomic E-state index is 0.117. The number of carbonyl (C=O) groups excluding carboxylic acids is 1. The van der Waals surface area contributed by atoms with E-state index in [1.165, 1.54) is 10.9 Å². The lowest BCUT2D eigenvalue weighted by atomic mass is 9.93. The van der Waals surface area contributed by atoms with Gasteiger partial charge in [0.1, 0.15) is 11.1 Å². The molecule has 0 bridgehead atoms. The van der Waals surface area contributed by atoms with Gasteiger partial charge >= 0.3 is 12.1 Å². The molecule has 1 fully saturated rings. The summed E-state index contributed by atoms with van der Waals surface area (Å²) in [6.45, 7) is 4.25. The summed E-state index contributed by atoms with van der Waals surface area (Å²) in [7, 11) is 0. The van der Waals surface area contributed by atoms with Gasteiger partial charge in [0.15, 0.2) is 17.2 Å². The summed E-state index contributed by atoms with van der Waals surface area (Å²) in [5.74, 6) is -2.38. The van der Waals surface area contributed by atoms with Gasteiger partial charge in [-0.15, -0.1) is 5.10 Å². The number of nitrogens with one attached hydrogen (secondary N) is 1. The molecule has 4 N–H and O–H groups in total. The Kier molecular flexibility index (Phi) is 7.86. The number of hydrogen-bond donors (Lipinski definition) is 3. The van der Waals surface area contributed by atoms with Gasteiger partial charge in [-0.2, -0.15) is 18.3 Å². The highest BCUT2D eigenvalue weighted by atomic mass is 35.5. The molecule has 0 radical (unpaired) electrons. The standard InChI is InChI=1S/C22H24ClN7O2.C2HF3O2/c1-3-32-19-14(10-16(23)15-11-30(27-18(15)19)13-6-4-7-13)12(2)26-22(31)17-20(24)28-29-9-5-8-25-21(17)29;3-2(4,5)1(6)7/h5,8-13H,3-4,6-7H2,1-2H3,(H2,24,28)(H,26,31);(H,6,7). The molecule has 4 aromatic rings. The Balaban J connectivity index is 0.000000448. The zero-order valence-corrected chi connectivity index (χ0v) is 21.6. The van der Waals surface area contributed by atoms with Crippen LogP contribution in [0.15, 0.2) is 30.7 Å². The lowest BCUT2D eigenvalue weighted by molar-refractivity contribution is -0.192. The van der Waals surface area contributed by atoms with Gasteiger partial charge in [-0.1, -0.05) is 11.6 Å². The molecule has 3 aromatic heterocycles. The number of halogens is 4. The van der Waals surface area contributed by atoms with Crippen LogP contribution in [-0.2, 0) is 4.79 Å². The molecule has 1 saturated carbocycles. The fourth-order valence-electron chi connectivity index (χ4n) is 4.07. The maximum absolute atomic E-state index is 13.1. The molecule has 1 aliphatic rings. The SMILES string of the molecule is CCOc1c(C(C)NC(=O)c2c(N)nn3cccnc23)cc(Cl)c2cn(C3CCC3)nc12.O=C(O)C(F)(F)F. The van der Waals surface area contributed by atoms with E-state index in [0.717, 1.165) is 23.8 Å². The van der Waals surface area contributed by atoms with Crippen molar-refractivity contribution in [3.63, 3.8) is 0 Å². The third-order valence-electron chi connectivity index (χ3n) is 6.19. The molecule has 1 unspecified atom stereocenters. The van der Waals surface area contributed by atoms with Gasteiger partial charge in [0.05, 0.1) is 23.7 Å². The average molecular weight is 568 g/mol. The predicted octanol–water partition coefficient (Wildman–Crippen LogP) is 4.56. The second-order valence-electron chi connectivity index (χ2n) is 8.81. The van der Waals surface area contributed by atoms with Gasteiger partial charge in [0.2, 0.25) is 0 Å². The first-order valence-corrected chi connectivity index (χ1v) is 12.3. The average Bonchev–Trinajstić information content (AvgIpc) is 3.40.